The Labute approximate surface area is 49.1 Å². The maximum Gasteiger partial charge on any atom is 0.352 e. The van der Waals surface area contributed by atoms with Crippen LogP contribution in [-0.4, -0.2) is 22.1 Å². The van der Waals surface area contributed by atoms with Gasteiger partial charge in [0.25, 0.3) is 0 Å². The van der Waals surface area contributed by atoms with Crippen molar-refractivity contribution in [2.45, 2.75) is 6.92 Å². The molecule has 0 amide bonds. The maximum atomic E-state index is 10.2. The number of rotatable bonds is 3. The van der Waals surface area contributed by atoms with Crippen molar-refractivity contribution in [2.24, 2.45) is 0 Å². The van der Waals surface area contributed by atoms with Crippen LogP contribution in [0.4, 0.5) is 0 Å². The summed E-state index contributed by atoms with van der Waals surface area (Å²) in [7, 11) is -2.37. The van der Waals surface area contributed by atoms with Gasteiger partial charge in [-0.2, -0.15) is 8.42 Å². The summed E-state index contributed by atoms with van der Waals surface area (Å²) in [5, 5.41) is 0. The first-order valence-electron chi connectivity index (χ1n) is 2.13. The van der Waals surface area contributed by atoms with E-state index in [-0.39, 0.29) is 6.61 Å². The van der Waals surface area contributed by atoms with Crippen molar-refractivity contribution in [3.05, 3.63) is 0 Å². The SMILES string of the molecule is CCOS(=O)(=O)[N]C. The van der Waals surface area contributed by atoms with Crippen LogP contribution < -0.4 is 4.72 Å². The van der Waals surface area contributed by atoms with Crippen molar-refractivity contribution in [1.82, 2.24) is 4.72 Å². The van der Waals surface area contributed by atoms with Gasteiger partial charge in [0.1, 0.15) is 0 Å². The average molecular weight is 138 g/mol. The van der Waals surface area contributed by atoms with E-state index >= 15 is 0 Å². The van der Waals surface area contributed by atoms with Crippen molar-refractivity contribution >= 4 is 10.3 Å². The molecule has 0 aliphatic heterocycles. The number of hydrogen-bond donors (Lipinski definition) is 0. The van der Waals surface area contributed by atoms with Crippen LogP contribution >= 0.6 is 0 Å². The topological polar surface area (TPSA) is 57.5 Å². The molecule has 0 rings (SSSR count). The predicted molar refractivity (Wildman–Crippen MR) is 28.6 cm³/mol. The molecule has 0 fully saturated rings. The van der Waals surface area contributed by atoms with Crippen LogP contribution in [0.1, 0.15) is 6.92 Å². The Morgan fingerprint density at radius 2 is 2.12 bits per heavy atom. The largest absolute Gasteiger partial charge is 0.352 e. The molecule has 0 saturated carbocycles. The van der Waals surface area contributed by atoms with Crippen molar-refractivity contribution in [1.29, 1.82) is 0 Å². The Hall–Kier alpha value is -0.130. The zero-order valence-electron chi connectivity index (χ0n) is 4.79. The quantitative estimate of drug-likeness (QED) is 0.528. The molecule has 8 heavy (non-hydrogen) atoms. The summed E-state index contributed by atoms with van der Waals surface area (Å²) in [6.45, 7) is 1.72. The molecular formula is C3H8NO3S. The summed E-state index contributed by atoms with van der Waals surface area (Å²) in [5.41, 5.74) is 0. The zero-order chi connectivity index (χ0) is 6.62. The highest BCUT2D eigenvalue weighted by molar-refractivity contribution is 7.84. The van der Waals surface area contributed by atoms with E-state index in [2.05, 4.69) is 8.91 Å². The van der Waals surface area contributed by atoms with Crippen LogP contribution in [0.3, 0.4) is 0 Å². The Bertz CT molecular complexity index is 139. The van der Waals surface area contributed by atoms with Crippen molar-refractivity contribution in [3.8, 4) is 0 Å². The number of hydrogen-bond acceptors (Lipinski definition) is 3. The van der Waals surface area contributed by atoms with Crippen LogP contribution in [0.25, 0.3) is 0 Å². The Morgan fingerprint density at radius 1 is 1.62 bits per heavy atom. The van der Waals surface area contributed by atoms with Crippen LogP contribution in [0.15, 0.2) is 0 Å². The summed E-state index contributed by atoms with van der Waals surface area (Å²) in [6.07, 6.45) is 0. The average Bonchev–Trinajstić information content (AvgIpc) is 1.67. The van der Waals surface area contributed by atoms with Crippen LogP contribution in [0.2, 0.25) is 0 Å². The van der Waals surface area contributed by atoms with Gasteiger partial charge in [0.05, 0.1) is 6.61 Å². The van der Waals surface area contributed by atoms with Gasteiger partial charge < -0.3 is 0 Å². The fourth-order valence-corrected chi connectivity index (χ4v) is 0.605. The maximum absolute atomic E-state index is 10.2. The van der Waals surface area contributed by atoms with Gasteiger partial charge in [0.15, 0.2) is 0 Å². The lowest BCUT2D eigenvalue weighted by Crippen LogP contribution is -2.14. The minimum Gasteiger partial charge on any atom is -0.257 e. The third-order valence-electron chi connectivity index (χ3n) is 0.490. The van der Waals surface area contributed by atoms with Gasteiger partial charge in [0.2, 0.25) is 0 Å². The first kappa shape index (κ1) is 7.87. The van der Waals surface area contributed by atoms with Crippen LogP contribution in [-0.2, 0) is 14.5 Å². The molecule has 0 atom stereocenters. The van der Waals surface area contributed by atoms with Gasteiger partial charge in [-0.1, -0.05) is 4.72 Å². The van der Waals surface area contributed by atoms with E-state index in [1.54, 1.807) is 6.92 Å². The highest BCUT2D eigenvalue weighted by atomic mass is 32.2. The second kappa shape index (κ2) is 3.01. The molecule has 0 aromatic rings. The third-order valence-corrected chi connectivity index (χ3v) is 1.47. The lowest BCUT2D eigenvalue weighted by Gasteiger charge is -1.94. The van der Waals surface area contributed by atoms with Gasteiger partial charge in [0, 0.05) is 7.05 Å². The summed E-state index contributed by atoms with van der Waals surface area (Å²) >= 11 is 0. The van der Waals surface area contributed by atoms with Gasteiger partial charge >= 0.3 is 10.3 Å². The lowest BCUT2D eigenvalue weighted by molar-refractivity contribution is 0.332. The highest BCUT2D eigenvalue weighted by Gasteiger charge is 2.04. The molecule has 49 valence electrons. The first-order valence-corrected chi connectivity index (χ1v) is 3.49. The molecule has 0 aromatic heterocycles. The van der Waals surface area contributed by atoms with E-state index in [9.17, 15) is 8.42 Å². The second-order valence-corrected chi connectivity index (χ2v) is 2.47. The zero-order valence-corrected chi connectivity index (χ0v) is 5.60. The van der Waals surface area contributed by atoms with Crippen LogP contribution in [0.5, 0.6) is 0 Å². The second-order valence-electron chi connectivity index (χ2n) is 1.02. The number of nitrogens with zero attached hydrogens (tertiary/aromatic N) is 1. The van der Waals surface area contributed by atoms with E-state index in [0.717, 1.165) is 0 Å². The molecule has 5 heteroatoms. The fourth-order valence-electron chi connectivity index (χ4n) is 0.202. The van der Waals surface area contributed by atoms with Gasteiger partial charge in [-0.25, -0.2) is 0 Å². The van der Waals surface area contributed by atoms with Crippen LogP contribution in [0, 0.1) is 0 Å². The van der Waals surface area contributed by atoms with E-state index in [0.29, 0.717) is 0 Å². The molecular weight excluding hydrogens is 130 g/mol. The van der Waals surface area contributed by atoms with Crippen molar-refractivity contribution < 1.29 is 12.6 Å². The smallest absolute Gasteiger partial charge is 0.257 e. The van der Waals surface area contributed by atoms with E-state index in [4.69, 9.17) is 0 Å². The van der Waals surface area contributed by atoms with Gasteiger partial charge in [-0.05, 0) is 6.92 Å². The fraction of sp³-hybridized carbons (Fsp3) is 1.00. The monoisotopic (exact) mass is 138 g/mol. The molecule has 0 heterocycles. The molecule has 1 radical (unpaired) electrons. The summed E-state index contributed by atoms with van der Waals surface area (Å²) < 4.78 is 27.6. The third kappa shape index (κ3) is 2.95. The minimum atomic E-state index is -3.54. The molecule has 0 unspecified atom stereocenters. The highest BCUT2D eigenvalue weighted by Crippen LogP contribution is 1.84. The molecule has 0 bridgehead atoms. The van der Waals surface area contributed by atoms with E-state index in [1.165, 1.54) is 7.05 Å². The van der Waals surface area contributed by atoms with E-state index in [1.807, 2.05) is 0 Å². The summed E-state index contributed by atoms with van der Waals surface area (Å²) in [6, 6.07) is 0. The van der Waals surface area contributed by atoms with Crippen molar-refractivity contribution in [3.63, 3.8) is 0 Å². The first-order chi connectivity index (χ1) is 3.62. The normalized spacial score (nSPS) is 11.8. The predicted octanol–water partition coefficient (Wildman–Crippen LogP) is -0.498. The molecule has 0 N–H and O–H groups in total. The van der Waals surface area contributed by atoms with E-state index < -0.39 is 10.3 Å². The van der Waals surface area contributed by atoms with Crippen molar-refractivity contribution in [2.75, 3.05) is 13.7 Å². The summed E-state index contributed by atoms with van der Waals surface area (Å²) in [5.74, 6) is 0. The Balaban J connectivity index is 3.76. The summed E-state index contributed by atoms with van der Waals surface area (Å²) in [4.78, 5) is 0. The Kier molecular flexibility index (Phi) is 2.96. The molecule has 0 aliphatic carbocycles. The molecule has 0 spiro atoms. The molecule has 0 aliphatic rings. The molecule has 0 aromatic carbocycles. The van der Waals surface area contributed by atoms with Gasteiger partial charge in [-0.3, -0.25) is 4.18 Å². The van der Waals surface area contributed by atoms with Gasteiger partial charge in [-0.15, -0.1) is 0 Å². The minimum absolute atomic E-state index is 0.139. The lowest BCUT2D eigenvalue weighted by atomic mass is 10.9. The molecule has 0 saturated heterocycles. The standard InChI is InChI=1S/C3H8NO3S/c1-3-7-8(5,6)4-2/h3H2,1-2H3. The molecule has 4 nitrogen and oxygen atoms in total. The Morgan fingerprint density at radius 3 is 2.25 bits per heavy atom.